The summed E-state index contributed by atoms with van der Waals surface area (Å²) < 4.78 is 13.4. The van der Waals surface area contributed by atoms with Crippen LogP contribution in [0.2, 0.25) is 0 Å². The molecule has 1 atom stereocenters. The minimum absolute atomic E-state index is 0.0352. The highest BCUT2D eigenvalue weighted by molar-refractivity contribution is 5.85. The van der Waals surface area contributed by atoms with Gasteiger partial charge in [-0.05, 0) is 13.0 Å². The number of halogens is 1. The Labute approximate surface area is 110 Å². The largest absolute Gasteiger partial charge is 0.350 e. The Morgan fingerprint density at radius 3 is 2.95 bits per heavy atom. The molecular weight excluding hydrogens is 249 g/mol. The first kappa shape index (κ1) is 13.3. The van der Waals surface area contributed by atoms with Gasteiger partial charge in [0.2, 0.25) is 5.91 Å². The number of hydrogen-bond donors (Lipinski definition) is 2. The van der Waals surface area contributed by atoms with E-state index in [0.717, 1.165) is 0 Å². The topological polar surface area (TPSA) is 61.4 Å². The van der Waals surface area contributed by atoms with Gasteiger partial charge < -0.3 is 15.5 Å². The van der Waals surface area contributed by atoms with Crippen LogP contribution in [0, 0.1) is 5.82 Å². The Hall–Kier alpha value is -2.11. The van der Waals surface area contributed by atoms with Crippen molar-refractivity contribution >= 4 is 11.9 Å². The average Bonchev–Trinajstić information content (AvgIpc) is 2.36. The molecule has 1 fully saturated rings. The molecule has 1 aliphatic heterocycles. The van der Waals surface area contributed by atoms with Crippen LogP contribution in [0.1, 0.15) is 12.5 Å². The third-order valence-corrected chi connectivity index (χ3v) is 2.91. The summed E-state index contributed by atoms with van der Waals surface area (Å²) in [6, 6.07) is 5.84. The summed E-state index contributed by atoms with van der Waals surface area (Å²) in [6.45, 7) is 2.43. The van der Waals surface area contributed by atoms with Gasteiger partial charge in [-0.15, -0.1) is 0 Å². The molecule has 1 aliphatic rings. The number of nitrogens with zero attached hydrogens (tertiary/aromatic N) is 1. The molecule has 0 aliphatic carbocycles. The Balaban J connectivity index is 1.91. The van der Waals surface area contributed by atoms with Crippen LogP contribution in [0.5, 0.6) is 0 Å². The maximum absolute atomic E-state index is 13.4. The molecule has 1 aromatic carbocycles. The number of hydrogen-bond acceptors (Lipinski definition) is 2. The van der Waals surface area contributed by atoms with Crippen molar-refractivity contribution in [3.8, 4) is 0 Å². The Bertz CT molecular complexity index is 493. The molecule has 2 rings (SSSR count). The molecule has 102 valence electrons. The van der Waals surface area contributed by atoms with Crippen LogP contribution < -0.4 is 10.6 Å². The number of benzene rings is 1. The number of carbonyl (C=O) groups is 2. The van der Waals surface area contributed by atoms with Gasteiger partial charge in [0.25, 0.3) is 0 Å². The molecule has 0 bridgehead atoms. The number of carbonyl (C=O) groups excluding carboxylic acids is 2. The Kier molecular flexibility index (Phi) is 3.99. The van der Waals surface area contributed by atoms with Crippen LogP contribution in [0.15, 0.2) is 24.3 Å². The highest BCUT2D eigenvalue weighted by atomic mass is 19.1. The van der Waals surface area contributed by atoms with Crippen molar-refractivity contribution in [1.82, 2.24) is 15.5 Å². The smallest absolute Gasteiger partial charge is 0.318 e. The van der Waals surface area contributed by atoms with Crippen molar-refractivity contribution in [3.05, 3.63) is 35.6 Å². The van der Waals surface area contributed by atoms with E-state index in [4.69, 9.17) is 0 Å². The fourth-order valence-corrected chi connectivity index (χ4v) is 2.01. The quantitative estimate of drug-likeness (QED) is 0.833. The summed E-state index contributed by atoms with van der Waals surface area (Å²) in [7, 11) is 0. The maximum Gasteiger partial charge on any atom is 0.318 e. The lowest BCUT2D eigenvalue weighted by Gasteiger charge is -2.31. The van der Waals surface area contributed by atoms with E-state index in [-0.39, 0.29) is 36.9 Å². The van der Waals surface area contributed by atoms with Crippen LogP contribution in [-0.4, -0.2) is 36.0 Å². The summed E-state index contributed by atoms with van der Waals surface area (Å²) in [4.78, 5) is 24.6. The van der Waals surface area contributed by atoms with Gasteiger partial charge in [0.15, 0.2) is 0 Å². The molecule has 1 aromatic rings. The van der Waals surface area contributed by atoms with E-state index in [9.17, 15) is 14.0 Å². The molecule has 19 heavy (non-hydrogen) atoms. The molecule has 0 unspecified atom stereocenters. The lowest BCUT2D eigenvalue weighted by molar-refractivity contribution is -0.124. The van der Waals surface area contributed by atoms with Gasteiger partial charge >= 0.3 is 6.03 Å². The van der Waals surface area contributed by atoms with Gasteiger partial charge in [-0.1, -0.05) is 18.2 Å². The number of piperazine rings is 1. The Morgan fingerprint density at radius 2 is 2.26 bits per heavy atom. The number of urea groups is 1. The van der Waals surface area contributed by atoms with Crippen molar-refractivity contribution in [2.24, 2.45) is 0 Å². The van der Waals surface area contributed by atoms with Gasteiger partial charge in [0.05, 0.1) is 0 Å². The number of nitrogens with one attached hydrogen (secondary N) is 2. The lowest BCUT2D eigenvalue weighted by atomic mass is 10.2. The van der Waals surface area contributed by atoms with Gasteiger partial charge in [-0.25, -0.2) is 9.18 Å². The van der Waals surface area contributed by atoms with Gasteiger partial charge in [0, 0.05) is 24.7 Å². The summed E-state index contributed by atoms with van der Waals surface area (Å²) in [5.41, 5.74) is 0.422. The predicted molar refractivity (Wildman–Crippen MR) is 67.8 cm³/mol. The minimum Gasteiger partial charge on any atom is -0.350 e. The lowest BCUT2D eigenvalue weighted by Crippen LogP contribution is -2.56. The van der Waals surface area contributed by atoms with E-state index >= 15 is 0 Å². The number of rotatable bonds is 2. The normalized spacial score (nSPS) is 18.9. The zero-order valence-electron chi connectivity index (χ0n) is 10.6. The van der Waals surface area contributed by atoms with E-state index in [0.29, 0.717) is 12.1 Å². The summed E-state index contributed by atoms with van der Waals surface area (Å²) >= 11 is 0. The van der Waals surface area contributed by atoms with Crippen LogP contribution in [0.3, 0.4) is 0 Å². The first-order valence-corrected chi connectivity index (χ1v) is 6.12. The van der Waals surface area contributed by atoms with Crippen LogP contribution in [-0.2, 0) is 11.3 Å². The third-order valence-electron chi connectivity index (χ3n) is 2.91. The molecule has 6 heteroatoms. The van der Waals surface area contributed by atoms with Gasteiger partial charge in [0.1, 0.15) is 12.4 Å². The highest BCUT2D eigenvalue weighted by Crippen LogP contribution is 2.06. The standard InChI is InChI=1S/C13H16FN3O2/c1-9-7-17(8-12(18)16-9)13(19)15-6-10-4-2-3-5-11(10)14/h2-5,9H,6-8H2,1H3,(H,15,19)(H,16,18)/t9-/m0/s1. The van der Waals surface area contributed by atoms with Crippen LogP contribution in [0.25, 0.3) is 0 Å². The van der Waals surface area contributed by atoms with Crippen LogP contribution in [0.4, 0.5) is 9.18 Å². The fourth-order valence-electron chi connectivity index (χ4n) is 2.01. The molecule has 0 saturated carbocycles. The fraction of sp³-hybridized carbons (Fsp3) is 0.385. The predicted octanol–water partition coefficient (Wildman–Crippen LogP) is 0.856. The Morgan fingerprint density at radius 1 is 1.53 bits per heavy atom. The summed E-state index contributed by atoms with van der Waals surface area (Å²) in [5.74, 6) is -0.535. The third kappa shape index (κ3) is 3.43. The molecule has 1 heterocycles. The first-order valence-electron chi connectivity index (χ1n) is 6.12. The van der Waals surface area contributed by atoms with E-state index in [1.54, 1.807) is 18.2 Å². The first-order chi connectivity index (χ1) is 9.06. The van der Waals surface area contributed by atoms with E-state index in [1.165, 1.54) is 11.0 Å². The van der Waals surface area contributed by atoms with Crippen LogP contribution >= 0.6 is 0 Å². The molecule has 0 aromatic heterocycles. The average molecular weight is 265 g/mol. The monoisotopic (exact) mass is 265 g/mol. The maximum atomic E-state index is 13.4. The summed E-state index contributed by atoms with van der Waals surface area (Å²) in [6.07, 6.45) is 0. The van der Waals surface area contributed by atoms with Crippen molar-refractivity contribution in [1.29, 1.82) is 0 Å². The second-order valence-corrected chi connectivity index (χ2v) is 4.60. The van der Waals surface area contributed by atoms with E-state index in [2.05, 4.69) is 10.6 Å². The van der Waals surface area contributed by atoms with Crippen molar-refractivity contribution < 1.29 is 14.0 Å². The van der Waals surface area contributed by atoms with Gasteiger partial charge in [-0.3, -0.25) is 4.79 Å². The summed E-state index contributed by atoms with van der Waals surface area (Å²) in [5, 5.41) is 5.34. The molecule has 3 amide bonds. The van der Waals surface area contributed by atoms with Crippen molar-refractivity contribution in [3.63, 3.8) is 0 Å². The number of amides is 3. The molecule has 1 saturated heterocycles. The van der Waals surface area contributed by atoms with E-state index < -0.39 is 0 Å². The molecular formula is C13H16FN3O2. The second kappa shape index (κ2) is 5.69. The minimum atomic E-state index is -0.357. The second-order valence-electron chi connectivity index (χ2n) is 4.60. The zero-order chi connectivity index (χ0) is 13.8. The zero-order valence-corrected chi connectivity index (χ0v) is 10.6. The van der Waals surface area contributed by atoms with Gasteiger partial charge in [-0.2, -0.15) is 0 Å². The van der Waals surface area contributed by atoms with E-state index in [1.807, 2.05) is 6.92 Å². The van der Waals surface area contributed by atoms with Crippen molar-refractivity contribution in [2.45, 2.75) is 19.5 Å². The molecule has 0 radical (unpaired) electrons. The molecule has 5 nitrogen and oxygen atoms in total. The van der Waals surface area contributed by atoms with Crippen molar-refractivity contribution in [2.75, 3.05) is 13.1 Å². The SMILES string of the molecule is C[C@H]1CN(C(=O)NCc2ccccc2F)CC(=O)N1. The molecule has 2 N–H and O–H groups in total. The highest BCUT2D eigenvalue weighted by Gasteiger charge is 2.25. The molecule has 0 spiro atoms.